The van der Waals surface area contributed by atoms with E-state index in [1.54, 1.807) is 0 Å². The minimum absolute atomic E-state index is 0.210. The van der Waals surface area contributed by atoms with Crippen molar-refractivity contribution in [3.05, 3.63) is 11.7 Å². The first-order chi connectivity index (χ1) is 9.08. The van der Waals surface area contributed by atoms with Gasteiger partial charge in [-0.1, -0.05) is 38.3 Å². The van der Waals surface area contributed by atoms with Crippen LogP contribution in [0.1, 0.15) is 76.6 Å². The Morgan fingerprint density at radius 2 is 1.89 bits per heavy atom. The van der Waals surface area contributed by atoms with Crippen molar-refractivity contribution in [1.29, 1.82) is 0 Å². The maximum atomic E-state index is 5.40. The second-order valence-corrected chi connectivity index (χ2v) is 6.27. The molecule has 4 heteroatoms. The Hall–Kier alpha value is -0.900. The average Bonchev–Trinajstić information content (AvgIpc) is 2.88. The van der Waals surface area contributed by atoms with Gasteiger partial charge in [0.25, 0.3) is 0 Å². The highest BCUT2D eigenvalue weighted by Crippen LogP contribution is 2.27. The van der Waals surface area contributed by atoms with Gasteiger partial charge in [0.15, 0.2) is 5.82 Å². The van der Waals surface area contributed by atoms with Gasteiger partial charge in [-0.05, 0) is 32.7 Å². The fourth-order valence-electron chi connectivity index (χ4n) is 2.78. The van der Waals surface area contributed by atoms with Crippen LogP contribution >= 0.6 is 0 Å². The van der Waals surface area contributed by atoms with Crippen LogP contribution in [-0.4, -0.2) is 28.6 Å². The molecule has 1 atom stereocenters. The van der Waals surface area contributed by atoms with Crippen LogP contribution in [0.4, 0.5) is 0 Å². The number of hydrogen-bond donors (Lipinski definition) is 0. The normalized spacial score (nSPS) is 19.3. The first kappa shape index (κ1) is 14.5. The molecule has 0 N–H and O–H groups in total. The number of hydrogen-bond acceptors (Lipinski definition) is 4. The molecular formula is C15H27N3O. The van der Waals surface area contributed by atoms with Gasteiger partial charge >= 0.3 is 0 Å². The predicted molar refractivity (Wildman–Crippen MR) is 76.0 cm³/mol. The Morgan fingerprint density at radius 1 is 1.21 bits per heavy atom. The molecule has 4 nitrogen and oxygen atoms in total. The molecule has 1 aliphatic carbocycles. The van der Waals surface area contributed by atoms with Crippen LogP contribution in [0.3, 0.4) is 0 Å². The van der Waals surface area contributed by atoms with Crippen molar-refractivity contribution in [2.45, 2.75) is 64.8 Å². The van der Waals surface area contributed by atoms with Crippen LogP contribution in [-0.2, 0) is 0 Å². The lowest BCUT2D eigenvalue weighted by atomic mass is 9.89. The number of nitrogens with zero attached hydrogens (tertiary/aromatic N) is 3. The monoisotopic (exact) mass is 265 g/mol. The van der Waals surface area contributed by atoms with Crippen LogP contribution in [0.2, 0.25) is 0 Å². The van der Waals surface area contributed by atoms with Crippen LogP contribution in [0.25, 0.3) is 0 Å². The van der Waals surface area contributed by atoms with Gasteiger partial charge in [-0.3, -0.25) is 4.90 Å². The SMILES string of the molecule is CC(C)c1noc([C@@H](C)N(C)CC2CCCCC2)n1. The van der Waals surface area contributed by atoms with Gasteiger partial charge in [-0.2, -0.15) is 4.98 Å². The maximum absolute atomic E-state index is 5.40. The van der Waals surface area contributed by atoms with Crippen molar-refractivity contribution >= 4 is 0 Å². The van der Waals surface area contributed by atoms with E-state index in [1.165, 1.54) is 32.1 Å². The molecule has 0 radical (unpaired) electrons. The summed E-state index contributed by atoms with van der Waals surface area (Å²) in [7, 11) is 2.17. The largest absolute Gasteiger partial charge is 0.338 e. The summed E-state index contributed by atoms with van der Waals surface area (Å²) in [6, 6.07) is 0.210. The van der Waals surface area contributed by atoms with Crippen molar-refractivity contribution < 1.29 is 4.52 Å². The summed E-state index contributed by atoms with van der Waals surface area (Å²) in [4.78, 5) is 6.86. The minimum atomic E-state index is 0.210. The highest BCUT2D eigenvalue weighted by atomic mass is 16.5. The molecule has 108 valence electrons. The Kier molecular flexibility index (Phi) is 4.97. The maximum Gasteiger partial charge on any atom is 0.243 e. The van der Waals surface area contributed by atoms with Crippen LogP contribution in [0.5, 0.6) is 0 Å². The molecule has 1 aromatic rings. The van der Waals surface area contributed by atoms with Crippen LogP contribution in [0.15, 0.2) is 4.52 Å². The van der Waals surface area contributed by atoms with Gasteiger partial charge in [0, 0.05) is 12.5 Å². The van der Waals surface area contributed by atoms with Crippen LogP contribution in [0, 0.1) is 5.92 Å². The average molecular weight is 265 g/mol. The van der Waals surface area contributed by atoms with Gasteiger partial charge in [-0.25, -0.2) is 0 Å². The van der Waals surface area contributed by atoms with Crippen molar-refractivity contribution in [3.8, 4) is 0 Å². The summed E-state index contributed by atoms with van der Waals surface area (Å²) in [5.74, 6) is 2.73. The second-order valence-electron chi connectivity index (χ2n) is 6.27. The standard InChI is InChI=1S/C15H27N3O/c1-11(2)14-16-15(19-17-14)12(3)18(4)10-13-8-6-5-7-9-13/h11-13H,5-10H2,1-4H3/t12-/m1/s1. The molecule has 1 aliphatic rings. The summed E-state index contributed by atoms with van der Waals surface area (Å²) < 4.78 is 5.40. The molecule has 0 spiro atoms. The molecule has 1 aromatic heterocycles. The van der Waals surface area contributed by atoms with Gasteiger partial charge in [0.1, 0.15) is 0 Å². The molecule has 0 saturated heterocycles. The molecule has 1 saturated carbocycles. The molecule has 1 heterocycles. The Bertz CT molecular complexity index is 382. The van der Waals surface area contributed by atoms with E-state index in [-0.39, 0.29) is 6.04 Å². The van der Waals surface area contributed by atoms with Crippen LogP contribution < -0.4 is 0 Å². The zero-order chi connectivity index (χ0) is 13.8. The Morgan fingerprint density at radius 3 is 2.47 bits per heavy atom. The third kappa shape index (κ3) is 3.78. The van der Waals surface area contributed by atoms with Crippen molar-refractivity contribution in [1.82, 2.24) is 15.0 Å². The quantitative estimate of drug-likeness (QED) is 0.812. The third-order valence-electron chi connectivity index (χ3n) is 4.26. The summed E-state index contributed by atoms with van der Waals surface area (Å²) in [5, 5.41) is 4.05. The number of rotatable bonds is 5. The van der Waals surface area contributed by atoms with E-state index in [9.17, 15) is 0 Å². The molecule has 0 bridgehead atoms. The lowest BCUT2D eigenvalue weighted by molar-refractivity contribution is 0.164. The lowest BCUT2D eigenvalue weighted by Crippen LogP contribution is -2.29. The van der Waals surface area contributed by atoms with E-state index in [0.29, 0.717) is 5.92 Å². The zero-order valence-corrected chi connectivity index (χ0v) is 12.7. The van der Waals surface area contributed by atoms with Crippen molar-refractivity contribution in [3.63, 3.8) is 0 Å². The van der Waals surface area contributed by atoms with Crippen molar-refractivity contribution in [2.75, 3.05) is 13.6 Å². The van der Waals surface area contributed by atoms with Gasteiger partial charge in [-0.15, -0.1) is 0 Å². The zero-order valence-electron chi connectivity index (χ0n) is 12.7. The van der Waals surface area contributed by atoms with Gasteiger partial charge in [0.05, 0.1) is 6.04 Å². The predicted octanol–water partition coefficient (Wildman–Crippen LogP) is 3.77. The highest BCUT2D eigenvalue weighted by molar-refractivity contribution is 4.95. The summed E-state index contributed by atoms with van der Waals surface area (Å²) >= 11 is 0. The minimum Gasteiger partial charge on any atom is -0.338 e. The van der Waals surface area contributed by atoms with E-state index in [2.05, 4.69) is 42.9 Å². The number of aromatic nitrogens is 2. The summed E-state index contributed by atoms with van der Waals surface area (Å²) in [6.07, 6.45) is 6.95. The first-order valence-corrected chi connectivity index (χ1v) is 7.61. The highest BCUT2D eigenvalue weighted by Gasteiger charge is 2.23. The smallest absolute Gasteiger partial charge is 0.243 e. The molecule has 0 unspecified atom stereocenters. The molecule has 0 aliphatic heterocycles. The fraction of sp³-hybridized carbons (Fsp3) is 0.867. The van der Waals surface area contributed by atoms with E-state index in [4.69, 9.17) is 4.52 Å². The lowest BCUT2D eigenvalue weighted by Gasteiger charge is -2.29. The van der Waals surface area contributed by atoms with E-state index >= 15 is 0 Å². The molecule has 2 rings (SSSR count). The Balaban J connectivity index is 1.91. The van der Waals surface area contributed by atoms with Gasteiger partial charge in [0.2, 0.25) is 5.89 Å². The van der Waals surface area contributed by atoms with Gasteiger partial charge < -0.3 is 4.52 Å². The third-order valence-corrected chi connectivity index (χ3v) is 4.26. The van der Waals surface area contributed by atoms with E-state index < -0.39 is 0 Å². The van der Waals surface area contributed by atoms with Crippen molar-refractivity contribution in [2.24, 2.45) is 5.92 Å². The summed E-state index contributed by atoms with van der Waals surface area (Å²) in [5.41, 5.74) is 0. The Labute approximate surface area is 116 Å². The second kappa shape index (κ2) is 6.51. The first-order valence-electron chi connectivity index (χ1n) is 7.61. The van der Waals surface area contributed by atoms with E-state index in [0.717, 1.165) is 24.2 Å². The molecule has 0 aromatic carbocycles. The summed E-state index contributed by atoms with van der Waals surface area (Å²) in [6.45, 7) is 7.47. The van der Waals surface area contributed by atoms with E-state index in [1.807, 2.05) is 0 Å². The molecule has 19 heavy (non-hydrogen) atoms. The topological polar surface area (TPSA) is 42.2 Å². The molecular weight excluding hydrogens is 238 g/mol. The molecule has 1 fully saturated rings. The molecule has 0 amide bonds. The fourth-order valence-corrected chi connectivity index (χ4v) is 2.78.